The molecule has 5 nitrogen and oxygen atoms in total. The molecule has 0 spiro atoms. The predicted octanol–water partition coefficient (Wildman–Crippen LogP) is 3.77. The number of aryl methyl sites for hydroxylation is 1. The fraction of sp³-hybridized carbons (Fsp3) is 0.192. The first-order valence-electron chi connectivity index (χ1n) is 10.5. The minimum Gasteiger partial charge on any atom is -0.463 e. The molecule has 0 radical (unpaired) electrons. The molecule has 0 N–H and O–H groups in total. The van der Waals surface area contributed by atoms with Crippen molar-refractivity contribution in [3.8, 4) is 0 Å². The van der Waals surface area contributed by atoms with Gasteiger partial charge in [0.2, 0.25) is 0 Å². The normalized spacial score (nSPS) is 16.2. The van der Waals surface area contributed by atoms with Gasteiger partial charge < -0.3 is 4.74 Å². The molecule has 2 aromatic carbocycles. The number of benzene rings is 2. The number of carbonyl (C=O) groups excluding carboxylic acids is 1. The van der Waals surface area contributed by atoms with Crippen molar-refractivity contribution >= 4 is 29.5 Å². The van der Waals surface area contributed by atoms with Gasteiger partial charge in [-0.15, -0.1) is 0 Å². The first-order valence-corrected chi connectivity index (χ1v) is 11.3. The lowest BCUT2D eigenvalue weighted by Gasteiger charge is -2.24. The van der Waals surface area contributed by atoms with E-state index in [-0.39, 0.29) is 12.2 Å². The van der Waals surface area contributed by atoms with Gasteiger partial charge in [0.15, 0.2) is 4.80 Å². The van der Waals surface area contributed by atoms with E-state index < -0.39 is 12.0 Å². The van der Waals surface area contributed by atoms with Crippen molar-refractivity contribution in [2.45, 2.75) is 26.8 Å². The highest BCUT2D eigenvalue weighted by Crippen LogP contribution is 2.30. The largest absolute Gasteiger partial charge is 0.463 e. The number of fused-ring (bicyclic) bond motifs is 1. The number of hydrogen-bond acceptors (Lipinski definition) is 5. The van der Waals surface area contributed by atoms with Crippen molar-refractivity contribution in [2.24, 2.45) is 4.99 Å². The van der Waals surface area contributed by atoms with E-state index in [0.717, 1.165) is 16.7 Å². The number of rotatable bonds is 5. The Morgan fingerprint density at radius 3 is 2.53 bits per heavy atom. The van der Waals surface area contributed by atoms with Crippen molar-refractivity contribution in [1.29, 1.82) is 0 Å². The standard InChI is InChI=1S/C26H24N2O3S/c1-4-31-25(30)22-18(3)27-26-28(23(22)20-15-13-17(2)14-16-20)24(29)21(32-26)12-8-11-19-9-6-5-7-10-19/h5-16,23H,4H2,1-3H3/b11-8+,21-12?. The monoisotopic (exact) mass is 444 g/mol. The van der Waals surface area contributed by atoms with Gasteiger partial charge in [0.1, 0.15) is 0 Å². The van der Waals surface area contributed by atoms with Crippen LogP contribution in [-0.2, 0) is 9.53 Å². The van der Waals surface area contributed by atoms with E-state index in [2.05, 4.69) is 4.99 Å². The first kappa shape index (κ1) is 21.7. The van der Waals surface area contributed by atoms with E-state index in [0.29, 0.717) is 20.6 Å². The molecule has 6 heteroatoms. The summed E-state index contributed by atoms with van der Waals surface area (Å²) in [6.45, 7) is 5.81. The highest BCUT2D eigenvalue weighted by atomic mass is 32.1. The minimum absolute atomic E-state index is 0.175. The Hall–Kier alpha value is -3.51. The molecule has 32 heavy (non-hydrogen) atoms. The second-order valence-corrected chi connectivity index (χ2v) is 8.51. The average molecular weight is 445 g/mol. The fourth-order valence-electron chi connectivity index (χ4n) is 3.68. The summed E-state index contributed by atoms with van der Waals surface area (Å²) in [5, 5.41) is 0. The van der Waals surface area contributed by atoms with Crippen molar-refractivity contribution in [3.05, 3.63) is 108 Å². The molecule has 3 aromatic rings. The molecule has 0 saturated heterocycles. The van der Waals surface area contributed by atoms with E-state index in [9.17, 15) is 9.59 Å². The smallest absolute Gasteiger partial charge is 0.338 e. The van der Waals surface area contributed by atoms with Crippen molar-refractivity contribution in [3.63, 3.8) is 0 Å². The summed E-state index contributed by atoms with van der Waals surface area (Å²) in [5.41, 5.74) is 3.79. The first-order chi connectivity index (χ1) is 15.5. The number of thiazole rings is 1. The zero-order valence-corrected chi connectivity index (χ0v) is 19.1. The van der Waals surface area contributed by atoms with Crippen LogP contribution in [0.4, 0.5) is 0 Å². The Kier molecular flexibility index (Phi) is 6.32. The third-order valence-electron chi connectivity index (χ3n) is 5.25. The van der Waals surface area contributed by atoms with E-state index in [1.165, 1.54) is 11.3 Å². The molecular formula is C26H24N2O3S. The Bertz CT molecular complexity index is 1380. The quantitative estimate of drug-likeness (QED) is 0.563. The number of esters is 1. The Labute approximate surface area is 190 Å². The predicted molar refractivity (Wildman–Crippen MR) is 128 cm³/mol. The number of hydrogen-bond donors (Lipinski definition) is 0. The van der Waals surface area contributed by atoms with Gasteiger partial charge in [-0.05, 0) is 38.0 Å². The summed E-state index contributed by atoms with van der Waals surface area (Å²) in [5.74, 6) is -0.447. The number of aromatic nitrogens is 1. The molecule has 0 fully saturated rings. The third kappa shape index (κ3) is 4.27. The lowest BCUT2D eigenvalue weighted by Crippen LogP contribution is -2.39. The van der Waals surface area contributed by atoms with Gasteiger partial charge in [0.25, 0.3) is 5.56 Å². The van der Waals surface area contributed by atoms with Crippen LogP contribution in [0.1, 0.15) is 36.6 Å². The van der Waals surface area contributed by atoms with Gasteiger partial charge >= 0.3 is 5.97 Å². The van der Waals surface area contributed by atoms with E-state index >= 15 is 0 Å². The number of allylic oxidation sites excluding steroid dienone is 2. The molecule has 162 valence electrons. The lowest BCUT2D eigenvalue weighted by molar-refractivity contribution is -0.139. The molecule has 1 unspecified atom stereocenters. The van der Waals surface area contributed by atoms with Gasteiger partial charge in [-0.3, -0.25) is 9.36 Å². The van der Waals surface area contributed by atoms with Crippen LogP contribution >= 0.6 is 11.3 Å². The van der Waals surface area contributed by atoms with Crippen LogP contribution in [0.3, 0.4) is 0 Å². The second kappa shape index (κ2) is 9.32. The molecule has 2 heterocycles. The molecule has 1 aromatic heterocycles. The van der Waals surface area contributed by atoms with Crippen molar-refractivity contribution < 1.29 is 9.53 Å². The number of carbonyl (C=O) groups is 1. The maximum absolute atomic E-state index is 13.4. The van der Waals surface area contributed by atoms with E-state index in [1.807, 2.05) is 73.7 Å². The van der Waals surface area contributed by atoms with Crippen LogP contribution < -0.4 is 14.9 Å². The minimum atomic E-state index is -0.578. The van der Waals surface area contributed by atoms with Crippen LogP contribution in [0.25, 0.3) is 12.2 Å². The second-order valence-electron chi connectivity index (χ2n) is 7.51. The lowest BCUT2D eigenvalue weighted by atomic mass is 9.95. The maximum atomic E-state index is 13.4. The number of ether oxygens (including phenoxy) is 1. The van der Waals surface area contributed by atoms with Gasteiger partial charge in [-0.2, -0.15) is 0 Å². The van der Waals surface area contributed by atoms with Gasteiger partial charge in [-0.25, -0.2) is 9.79 Å². The summed E-state index contributed by atoms with van der Waals surface area (Å²) >= 11 is 1.32. The molecule has 1 atom stereocenters. The molecule has 0 amide bonds. The number of nitrogens with zero attached hydrogens (tertiary/aromatic N) is 2. The molecule has 0 saturated carbocycles. The average Bonchev–Trinajstić information content (AvgIpc) is 3.09. The van der Waals surface area contributed by atoms with Crippen LogP contribution in [0.2, 0.25) is 0 Å². The summed E-state index contributed by atoms with van der Waals surface area (Å²) in [4.78, 5) is 31.4. The molecule has 0 aliphatic carbocycles. The summed E-state index contributed by atoms with van der Waals surface area (Å²) < 4.78 is 7.48. The zero-order chi connectivity index (χ0) is 22.7. The summed E-state index contributed by atoms with van der Waals surface area (Å²) in [7, 11) is 0. The van der Waals surface area contributed by atoms with Gasteiger partial charge in [0.05, 0.1) is 28.5 Å². The Morgan fingerprint density at radius 2 is 1.84 bits per heavy atom. The fourth-order valence-corrected chi connectivity index (χ4v) is 4.68. The Balaban J connectivity index is 1.86. The molecule has 1 aliphatic rings. The highest BCUT2D eigenvalue weighted by molar-refractivity contribution is 7.07. The summed E-state index contributed by atoms with van der Waals surface area (Å²) in [6, 6.07) is 17.2. The zero-order valence-electron chi connectivity index (χ0n) is 18.2. The Morgan fingerprint density at radius 1 is 1.12 bits per heavy atom. The van der Waals surface area contributed by atoms with Crippen molar-refractivity contribution in [2.75, 3.05) is 6.61 Å². The molecule has 1 aliphatic heterocycles. The molecule has 4 rings (SSSR count). The SMILES string of the molecule is CCOC(=O)C1=C(C)N=c2sc(=C/C=C/c3ccccc3)c(=O)n2C1c1ccc(C)cc1. The third-order valence-corrected chi connectivity index (χ3v) is 6.25. The topological polar surface area (TPSA) is 60.7 Å². The van der Waals surface area contributed by atoms with E-state index in [4.69, 9.17) is 4.74 Å². The van der Waals surface area contributed by atoms with Crippen LogP contribution in [0.15, 0.2) is 81.7 Å². The highest BCUT2D eigenvalue weighted by Gasteiger charge is 2.33. The van der Waals surface area contributed by atoms with Gasteiger partial charge in [0, 0.05) is 0 Å². The van der Waals surface area contributed by atoms with Crippen molar-refractivity contribution in [1.82, 2.24) is 4.57 Å². The van der Waals surface area contributed by atoms with Crippen LogP contribution in [0, 0.1) is 6.92 Å². The molecule has 0 bridgehead atoms. The van der Waals surface area contributed by atoms with E-state index in [1.54, 1.807) is 24.5 Å². The van der Waals surface area contributed by atoms with Crippen LogP contribution in [-0.4, -0.2) is 17.1 Å². The summed E-state index contributed by atoms with van der Waals surface area (Å²) in [6.07, 6.45) is 5.61. The van der Waals surface area contributed by atoms with Crippen LogP contribution in [0.5, 0.6) is 0 Å². The molecular weight excluding hydrogens is 420 g/mol. The van der Waals surface area contributed by atoms with Gasteiger partial charge in [-0.1, -0.05) is 83.6 Å². The maximum Gasteiger partial charge on any atom is 0.338 e.